The maximum absolute atomic E-state index is 13.3. The fourth-order valence-electron chi connectivity index (χ4n) is 4.42. The molecule has 0 spiro atoms. The molecule has 32 heavy (non-hydrogen) atoms. The van der Waals surface area contributed by atoms with Crippen molar-refractivity contribution in [2.75, 3.05) is 5.32 Å². The summed E-state index contributed by atoms with van der Waals surface area (Å²) >= 11 is 0. The van der Waals surface area contributed by atoms with Crippen LogP contribution in [0.15, 0.2) is 47.3 Å². The largest absolute Gasteiger partial charge is 0.416 e. The normalized spacial score (nSPS) is 14.7. The molecular weight excluding hydrogens is 419 g/mol. The van der Waals surface area contributed by atoms with E-state index in [1.165, 1.54) is 43.9 Å². The second-order valence-electron chi connectivity index (χ2n) is 8.33. The number of rotatable bonds is 6. The molecule has 1 heterocycles. The molecule has 0 bridgehead atoms. The van der Waals surface area contributed by atoms with Crippen LogP contribution in [0.5, 0.6) is 0 Å². The standard InChI is InChI=1S/C24H24F3N3O2/c25-24(26,27)20-8-4-3-7-16(20)13-21-18-11-10-17(14-19(18)23(32)30-29-21)28-22(31)12-9-15-5-1-2-6-15/h3-4,7-8,10-11,14-15H,1-2,5-6,9,12-13H2,(H,28,31)(H,30,32). The summed E-state index contributed by atoms with van der Waals surface area (Å²) in [5.41, 5.74) is -0.310. The highest BCUT2D eigenvalue weighted by Gasteiger charge is 2.33. The predicted molar refractivity (Wildman–Crippen MR) is 116 cm³/mol. The minimum atomic E-state index is -4.48. The molecule has 5 nitrogen and oxygen atoms in total. The van der Waals surface area contributed by atoms with Gasteiger partial charge in [-0.1, -0.05) is 49.9 Å². The Bertz CT molecular complexity index is 1180. The van der Waals surface area contributed by atoms with E-state index in [1.54, 1.807) is 18.2 Å². The molecule has 0 saturated heterocycles. The number of amides is 1. The van der Waals surface area contributed by atoms with Gasteiger partial charge in [-0.15, -0.1) is 0 Å². The smallest absolute Gasteiger partial charge is 0.326 e. The first-order valence-electron chi connectivity index (χ1n) is 10.8. The Labute approximate surface area is 183 Å². The Morgan fingerprint density at radius 1 is 1.09 bits per heavy atom. The van der Waals surface area contributed by atoms with Gasteiger partial charge in [0.2, 0.25) is 5.91 Å². The first-order valence-corrected chi connectivity index (χ1v) is 10.8. The van der Waals surface area contributed by atoms with E-state index in [2.05, 4.69) is 15.5 Å². The molecule has 4 rings (SSSR count). The van der Waals surface area contributed by atoms with Crippen molar-refractivity contribution in [3.8, 4) is 0 Å². The highest BCUT2D eigenvalue weighted by atomic mass is 19.4. The van der Waals surface area contributed by atoms with Crippen molar-refractivity contribution >= 4 is 22.4 Å². The number of carbonyl (C=O) groups is 1. The van der Waals surface area contributed by atoms with Crippen molar-refractivity contribution < 1.29 is 18.0 Å². The minimum absolute atomic E-state index is 0.0742. The Kier molecular flexibility index (Phi) is 6.30. The maximum atomic E-state index is 13.3. The third-order valence-corrected chi connectivity index (χ3v) is 6.09. The van der Waals surface area contributed by atoms with Crippen molar-refractivity contribution in [1.82, 2.24) is 10.2 Å². The van der Waals surface area contributed by atoms with Crippen LogP contribution in [-0.4, -0.2) is 16.1 Å². The van der Waals surface area contributed by atoms with Crippen molar-refractivity contribution in [2.45, 2.75) is 51.1 Å². The Morgan fingerprint density at radius 2 is 1.84 bits per heavy atom. The van der Waals surface area contributed by atoms with Gasteiger partial charge in [-0.2, -0.15) is 18.3 Å². The van der Waals surface area contributed by atoms with Crippen LogP contribution in [0.4, 0.5) is 18.9 Å². The number of benzene rings is 2. The summed E-state index contributed by atoms with van der Waals surface area (Å²) in [6.45, 7) is 0. The van der Waals surface area contributed by atoms with Crippen LogP contribution < -0.4 is 10.9 Å². The molecule has 2 aromatic carbocycles. The van der Waals surface area contributed by atoms with E-state index in [0.29, 0.717) is 29.1 Å². The first kappa shape index (κ1) is 22.0. The minimum Gasteiger partial charge on any atom is -0.326 e. The van der Waals surface area contributed by atoms with Gasteiger partial charge in [0, 0.05) is 23.9 Å². The van der Waals surface area contributed by atoms with Crippen molar-refractivity contribution in [1.29, 1.82) is 0 Å². The lowest BCUT2D eigenvalue weighted by Crippen LogP contribution is -2.15. The summed E-state index contributed by atoms with van der Waals surface area (Å²) in [7, 11) is 0. The van der Waals surface area contributed by atoms with Crippen molar-refractivity contribution in [3.05, 3.63) is 69.6 Å². The Hall–Kier alpha value is -3.16. The van der Waals surface area contributed by atoms with E-state index >= 15 is 0 Å². The molecule has 1 aliphatic rings. The number of H-pyrrole nitrogens is 1. The molecule has 1 amide bonds. The molecule has 0 radical (unpaired) electrons. The van der Waals surface area contributed by atoms with Crippen LogP contribution in [0.3, 0.4) is 0 Å². The van der Waals surface area contributed by atoms with Gasteiger partial charge in [0.1, 0.15) is 0 Å². The lowest BCUT2D eigenvalue weighted by molar-refractivity contribution is -0.138. The number of alkyl halides is 3. The molecule has 0 atom stereocenters. The zero-order valence-electron chi connectivity index (χ0n) is 17.5. The number of nitrogens with zero attached hydrogens (tertiary/aromatic N) is 1. The average Bonchev–Trinajstić information content (AvgIpc) is 3.28. The van der Waals surface area contributed by atoms with Crippen molar-refractivity contribution in [2.24, 2.45) is 5.92 Å². The number of aromatic amines is 1. The number of nitrogens with one attached hydrogen (secondary N) is 2. The molecule has 0 unspecified atom stereocenters. The quantitative estimate of drug-likeness (QED) is 0.533. The molecule has 1 saturated carbocycles. The predicted octanol–water partition coefficient (Wildman–Crippen LogP) is 5.44. The molecule has 0 aliphatic heterocycles. The van der Waals surface area contributed by atoms with Gasteiger partial charge in [0.05, 0.1) is 16.6 Å². The van der Waals surface area contributed by atoms with Crippen LogP contribution in [0.2, 0.25) is 0 Å². The zero-order chi connectivity index (χ0) is 22.7. The van der Waals surface area contributed by atoms with Crippen LogP contribution in [0, 0.1) is 5.92 Å². The van der Waals surface area contributed by atoms with Crippen LogP contribution in [0.1, 0.15) is 55.3 Å². The van der Waals surface area contributed by atoms with Gasteiger partial charge in [-0.25, -0.2) is 5.10 Å². The monoisotopic (exact) mass is 443 g/mol. The molecule has 3 aromatic rings. The highest BCUT2D eigenvalue weighted by molar-refractivity contribution is 5.94. The maximum Gasteiger partial charge on any atom is 0.416 e. The second kappa shape index (κ2) is 9.14. The summed E-state index contributed by atoms with van der Waals surface area (Å²) in [5.74, 6) is 0.495. The molecule has 168 valence electrons. The van der Waals surface area contributed by atoms with Gasteiger partial charge in [0.15, 0.2) is 0 Å². The number of halogens is 3. The first-order chi connectivity index (χ1) is 15.3. The van der Waals surface area contributed by atoms with Gasteiger partial charge in [-0.3, -0.25) is 9.59 Å². The number of carbonyl (C=O) groups excluding carboxylic acids is 1. The number of anilines is 1. The van der Waals surface area contributed by atoms with Crippen molar-refractivity contribution in [3.63, 3.8) is 0 Å². The average molecular weight is 443 g/mol. The van der Waals surface area contributed by atoms with Crippen LogP contribution >= 0.6 is 0 Å². The van der Waals surface area contributed by atoms with Gasteiger partial charge in [-0.05, 0) is 36.1 Å². The molecule has 1 aliphatic carbocycles. The molecule has 1 aromatic heterocycles. The van der Waals surface area contributed by atoms with Gasteiger partial charge >= 0.3 is 6.18 Å². The van der Waals surface area contributed by atoms with E-state index in [4.69, 9.17) is 0 Å². The SMILES string of the molecule is O=C(CCC1CCCC1)Nc1ccc2c(Cc3ccccc3C(F)(F)F)n[nH]c(=O)c2c1. The zero-order valence-corrected chi connectivity index (χ0v) is 17.5. The van der Waals surface area contributed by atoms with E-state index in [-0.39, 0.29) is 23.3 Å². The second-order valence-corrected chi connectivity index (χ2v) is 8.33. The number of hydrogen-bond donors (Lipinski definition) is 2. The number of hydrogen-bond acceptors (Lipinski definition) is 3. The summed E-state index contributed by atoms with van der Waals surface area (Å²) in [6, 6.07) is 10.1. The van der Waals surface area contributed by atoms with Gasteiger partial charge in [0.25, 0.3) is 5.56 Å². The lowest BCUT2D eigenvalue weighted by atomic mass is 9.99. The molecule has 2 N–H and O–H groups in total. The van der Waals surface area contributed by atoms with E-state index in [9.17, 15) is 22.8 Å². The van der Waals surface area contributed by atoms with E-state index < -0.39 is 17.3 Å². The summed E-state index contributed by atoms with van der Waals surface area (Å²) < 4.78 is 40.0. The fraction of sp³-hybridized carbons (Fsp3) is 0.375. The third-order valence-electron chi connectivity index (χ3n) is 6.09. The summed E-state index contributed by atoms with van der Waals surface area (Å²) in [5, 5.41) is 9.91. The molecule has 1 fully saturated rings. The van der Waals surface area contributed by atoms with Crippen LogP contribution in [-0.2, 0) is 17.4 Å². The lowest BCUT2D eigenvalue weighted by Gasteiger charge is -2.13. The number of aromatic nitrogens is 2. The third kappa shape index (κ3) is 5.00. The summed E-state index contributed by atoms with van der Waals surface area (Å²) in [6.07, 6.45) is 1.51. The van der Waals surface area contributed by atoms with Gasteiger partial charge < -0.3 is 5.32 Å². The van der Waals surface area contributed by atoms with E-state index in [1.807, 2.05) is 0 Å². The van der Waals surface area contributed by atoms with Crippen LogP contribution in [0.25, 0.3) is 10.8 Å². The Morgan fingerprint density at radius 3 is 2.59 bits per heavy atom. The highest BCUT2D eigenvalue weighted by Crippen LogP contribution is 2.33. The molecular formula is C24H24F3N3O2. The summed E-state index contributed by atoms with van der Waals surface area (Å²) in [4.78, 5) is 24.7. The molecule has 8 heteroatoms. The Balaban J connectivity index is 1.56. The number of fused-ring (bicyclic) bond motifs is 1. The fourth-order valence-corrected chi connectivity index (χ4v) is 4.42. The van der Waals surface area contributed by atoms with E-state index in [0.717, 1.165) is 12.5 Å². The topological polar surface area (TPSA) is 74.8 Å².